The second kappa shape index (κ2) is 12.7. The number of carbonyl (C=O) groups is 3. The number of hydrogen-bond acceptors (Lipinski definition) is 5. The van der Waals surface area contributed by atoms with Gasteiger partial charge in [0.1, 0.15) is 17.4 Å². The number of aromatic nitrogens is 3. The standard InChI is InChI=1S/C29H23ClF5N5O3/c1-15(41)14-40-24(16(2)22-12-19(31)6-7-23(22)30)25(38-26(40)28(43)37-13-21-5-3-4-8-36-21)39-27(42)17-9-18(29(33,34)35)11-20(32)10-17/h3-12,16H,13-14H2,1-2H3,(H,37,43)(H,39,42)/t16-/m1/s1. The van der Waals surface area contributed by atoms with Gasteiger partial charge in [0.05, 0.1) is 30.0 Å². The Morgan fingerprint density at radius 3 is 2.40 bits per heavy atom. The summed E-state index contributed by atoms with van der Waals surface area (Å²) < 4.78 is 69.4. The van der Waals surface area contributed by atoms with Gasteiger partial charge in [-0.1, -0.05) is 24.6 Å². The minimum absolute atomic E-state index is 0.0199. The number of pyridine rings is 1. The molecule has 0 radical (unpaired) electrons. The molecule has 2 amide bonds. The third kappa shape index (κ3) is 7.41. The molecule has 2 aromatic carbocycles. The molecular formula is C29H23ClF5N5O3. The van der Waals surface area contributed by atoms with Gasteiger partial charge in [0.15, 0.2) is 5.82 Å². The van der Waals surface area contributed by atoms with Crippen LogP contribution in [0.3, 0.4) is 0 Å². The highest BCUT2D eigenvalue weighted by Crippen LogP contribution is 2.36. The van der Waals surface area contributed by atoms with Gasteiger partial charge >= 0.3 is 6.18 Å². The highest BCUT2D eigenvalue weighted by Gasteiger charge is 2.33. The van der Waals surface area contributed by atoms with E-state index < -0.39 is 59.0 Å². The molecule has 0 unspecified atom stereocenters. The molecule has 0 saturated carbocycles. The van der Waals surface area contributed by atoms with Crippen molar-refractivity contribution < 1.29 is 36.3 Å². The van der Waals surface area contributed by atoms with Crippen molar-refractivity contribution in [1.29, 1.82) is 0 Å². The quantitative estimate of drug-likeness (QED) is 0.219. The van der Waals surface area contributed by atoms with Crippen LogP contribution in [0, 0.1) is 11.6 Å². The number of anilines is 1. The molecule has 8 nitrogen and oxygen atoms in total. The topological polar surface area (TPSA) is 106 Å². The van der Waals surface area contributed by atoms with Gasteiger partial charge in [0.2, 0.25) is 5.82 Å². The Balaban J connectivity index is 1.83. The van der Waals surface area contributed by atoms with E-state index in [1.54, 1.807) is 25.1 Å². The minimum atomic E-state index is -4.94. The Morgan fingerprint density at radius 2 is 1.74 bits per heavy atom. The van der Waals surface area contributed by atoms with Crippen molar-refractivity contribution in [3.05, 3.63) is 111 Å². The zero-order valence-electron chi connectivity index (χ0n) is 22.6. The molecule has 0 fully saturated rings. The first-order valence-corrected chi connectivity index (χ1v) is 13.0. The van der Waals surface area contributed by atoms with Crippen LogP contribution in [0.15, 0.2) is 60.8 Å². The monoisotopic (exact) mass is 619 g/mol. The highest BCUT2D eigenvalue weighted by molar-refractivity contribution is 6.31. The van der Waals surface area contributed by atoms with Gasteiger partial charge in [0.25, 0.3) is 11.8 Å². The fourth-order valence-corrected chi connectivity index (χ4v) is 4.64. The zero-order valence-corrected chi connectivity index (χ0v) is 23.4. The third-order valence-corrected chi connectivity index (χ3v) is 6.65. The number of nitrogens with zero attached hydrogens (tertiary/aromatic N) is 3. The van der Waals surface area contributed by atoms with Crippen LogP contribution in [-0.2, 0) is 24.1 Å². The molecule has 0 aliphatic heterocycles. The number of nitrogens with one attached hydrogen (secondary N) is 2. The van der Waals surface area contributed by atoms with Crippen molar-refractivity contribution in [1.82, 2.24) is 19.9 Å². The van der Waals surface area contributed by atoms with Crippen molar-refractivity contribution in [3.8, 4) is 0 Å². The molecule has 2 heterocycles. The van der Waals surface area contributed by atoms with Crippen LogP contribution in [0.25, 0.3) is 0 Å². The first-order valence-electron chi connectivity index (χ1n) is 12.7. The molecule has 2 N–H and O–H groups in total. The number of amides is 2. The lowest BCUT2D eigenvalue weighted by Crippen LogP contribution is -2.28. The molecule has 43 heavy (non-hydrogen) atoms. The van der Waals surface area contributed by atoms with E-state index in [-0.39, 0.29) is 40.5 Å². The first kappa shape index (κ1) is 31.3. The molecule has 4 rings (SSSR count). The van der Waals surface area contributed by atoms with E-state index in [4.69, 9.17) is 11.6 Å². The van der Waals surface area contributed by atoms with Crippen molar-refractivity contribution in [3.63, 3.8) is 0 Å². The molecular weight excluding hydrogens is 597 g/mol. The second-order valence-electron chi connectivity index (χ2n) is 9.53. The van der Waals surface area contributed by atoms with E-state index in [2.05, 4.69) is 20.6 Å². The summed E-state index contributed by atoms with van der Waals surface area (Å²) in [6.07, 6.45) is -3.42. The molecule has 0 aliphatic carbocycles. The van der Waals surface area contributed by atoms with E-state index in [0.717, 1.165) is 12.1 Å². The van der Waals surface area contributed by atoms with Crippen molar-refractivity contribution >= 4 is 35.0 Å². The summed E-state index contributed by atoms with van der Waals surface area (Å²) >= 11 is 6.33. The zero-order chi connectivity index (χ0) is 31.5. The maximum Gasteiger partial charge on any atom is 0.416 e. The molecule has 2 aromatic heterocycles. The number of hydrogen-bond donors (Lipinski definition) is 2. The van der Waals surface area contributed by atoms with Gasteiger partial charge in [0, 0.05) is 22.7 Å². The number of Topliss-reactive ketones (excluding diaryl/α,β-unsaturated/α-hetero) is 1. The van der Waals surface area contributed by atoms with E-state index in [9.17, 15) is 36.3 Å². The van der Waals surface area contributed by atoms with E-state index in [0.29, 0.717) is 17.8 Å². The van der Waals surface area contributed by atoms with Gasteiger partial charge in [-0.3, -0.25) is 19.4 Å². The summed E-state index contributed by atoms with van der Waals surface area (Å²) in [5, 5.41) is 5.06. The number of alkyl halides is 3. The second-order valence-corrected chi connectivity index (χ2v) is 9.94. The summed E-state index contributed by atoms with van der Waals surface area (Å²) in [6.45, 7) is 2.34. The SMILES string of the molecule is CC(=O)Cn1c(C(=O)NCc2ccccn2)nc(NC(=O)c2cc(F)cc(C(F)(F)F)c2)c1[C@H](C)c1cc(F)ccc1Cl. The average molecular weight is 620 g/mol. The molecule has 14 heteroatoms. The number of benzene rings is 2. The smallest absolute Gasteiger partial charge is 0.344 e. The van der Waals surface area contributed by atoms with Crippen LogP contribution >= 0.6 is 11.6 Å². The normalized spacial score (nSPS) is 12.1. The lowest BCUT2D eigenvalue weighted by molar-refractivity contribution is -0.137. The molecule has 4 aromatic rings. The molecule has 224 valence electrons. The largest absolute Gasteiger partial charge is 0.416 e. The van der Waals surface area contributed by atoms with E-state index >= 15 is 0 Å². The Kier molecular flexibility index (Phi) is 9.24. The Bertz CT molecular complexity index is 1690. The fraction of sp³-hybridized carbons (Fsp3) is 0.207. The molecule has 0 spiro atoms. The van der Waals surface area contributed by atoms with Gasteiger partial charge in [-0.25, -0.2) is 13.8 Å². The van der Waals surface area contributed by atoms with Crippen molar-refractivity contribution in [2.75, 3.05) is 5.32 Å². The lowest BCUT2D eigenvalue weighted by Gasteiger charge is -2.19. The number of halogens is 6. The summed E-state index contributed by atoms with van der Waals surface area (Å²) in [6, 6.07) is 9.86. The predicted octanol–water partition coefficient (Wildman–Crippen LogP) is 6.15. The van der Waals surface area contributed by atoms with Gasteiger partial charge in [-0.2, -0.15) is 13.2 Å². The Morgan fingerprint density at radius 1 is 1.00 bits per heavy atom. The fourth-order valence-electron chi connectivity index (χ4n) is 4.36. The molecule has 0 saturated heterocycles. The van der Waals surface area contributed by atoms with Crippen LogP contribution in [0.4, 0.5) is 27.8 Å². The summed E-state index contributed by atoms with van der Waals surface area (Å²) in [4.78, 5) is 47.1. The number of ketones is 1. The van der Waals surface area contributed by atoms with Gasteiger partial charge in [-0.05, 0) is 61.0 Å². The number of imidazole rings is 1. The van der Waals surface area contributed by atoms with Crippen molar-refractivity contribution in [2.45, 2.75) is 39.0 Å². The van der Waals surface area contributed by atoms with Crippen LogP contribution in [-0.4, -0.2) is 32.1 Å². The van der Waals surface area contributed by atoms with E-state index in [1.165, 1.54) is 23.8 Å². The van der Waals surface area contributed by atoms with Crippen LogP contribution < -0.4 is 10.6 Å². The summed E-state index contributed by atoms with van der Waals surface area (Å²) in [5.41, 5.74) is -1.36. The summed E-state index contributed by atoms with van der Waals surface area (Å²) in [5.74, 6) is -5.94. The van der Waals surface area contributed by atoms with Gasteiger partial charge < -0.3 is 15.2 Å². The average Bonchev–Trinajstić information content (AvgIpc) is 3.29. The minimum Gasteiger partial charge on any atom is -0.344 e. The molecule has 0 bridgehead atoms. The van der Waals surface area contributed by atoms with Gasteiger partial charge in [-0.15, -0.1) is 0 Å². The lowest BCUT2D eigenvalue weighted by atomic mass is 9.96. The summed E-state index contributed by atoms with van der Waals surface area (Å²) in [7, 11) is 0. The van der Waals surface area contributed by atoms with E-state index in [1.807, 2.05) is 0 Å². The first-order chi connectivity index (χ1) is 20.2. The molecule has 0 aliphatic rings. The maximum atomic E-state index is 14.2. The van der Waals surface area contributed by atoms with Crippen LogP contribution in [0.2, 0.25) is 5.02 Å². The number of rotatable bonds is 9. The Labute approximate surface area is 246 Å². The van der Waals surface area contributed by atoms with Crippen LogP contribution in [0.1, 0.15) is 63.3 Å². The third-order valence-electron chi connectivity index (χ3n) is 6.30. The number of carbonyl (C=O) groups excluding carboxylic acids is 3. The van der Waals surface area contributed by atoms with Crippen molar-refractivity contribution in [2.24, 2.45) is 0 Å². The Hall–Kier alpha value is -4.65. The highest BCUT2D eigenvalue weighted by atomic mass is 35.5. The van der Waals surface area contributed by atoms with Crippen LogP contribution in [0.5, 0.6) is 0 Å². The maximum absolute atomic E-state index is 14.2. The molecule has 1 atom stereocenters. The predicted molar refractivity (Wildman–Crippen MR) is 147 cm³/mol.